The summed E-state index contributed by atoms with van der Waals surface area (Å²) in [5, 5.41) is -0.0609. The molecule has 0 aliphatic heterocycles. The monoisotopic (exact) mass is 314 g/mol. The van der Waals surface area contributed by atoms with Gasteiger partial charge in [-0.05, 0) is 37.1 Å². The Bertz CT molecular complexity index is 504. The maximum Gasteiger partial charge on any atom is 0.0941 e. The minimum absolute atomic E-state index is 0.0609. The maximum absolute atomic E-state index is 6.54. The highest BCUT2D eigenvalue weighted by atomic mass is 79.9. The van der Waals surface area contributed by atoms with Crippen LogP contribution in [-0.2, 0) is 0 Å². The SMILES string of the molecule is Cc1cc(C)c(C(Cl)c2ccccc2Br)s1. The maximum atomic E-state index is 6.54. The minimum atomic E-state index is -0.0609. The molecule has 0 aliphatic carbocycles. The fraction of sp³-hybridized carbons (Fsp3) is 0.231. The van der Waals surface area contributed by atoms with E-state index in [1.807, 2.05) is 18.2 Å². The van der Waals surface area contributed by atoms with Gasteiger partial charge in [0.25, 0.3) is 0 Å². The predicted octanol–water partition coefficient (Wildman–Crippen LogP) is 5.46. The Hall–Kier alpha value is -0.310. The van der Waals surface area contributed by atoms with E-state index < -0.39 is 0 Å². The van der Waals surface area contributed by atoms with Crippen LogP contribution in [0, 0.1) is 13.8 Å². The number of benzene rings is 1. The molecular weight excluding hydrogens is 304 g/mol. The van der Waals surface area contributed by atoms with Crippen LogP contribution in [-0.4, -0.2) is 0 Å². The van der Waals surface area contributed by atoms with E-state index in [2.05, 4.69) is 41.9 Å². The first kappa shape index (κ1) is 12.2. The molecule has 0 radical (unpaired) electrons. The van der Waals surface area contributed by atoms with Crippen LogP contribution in [0.4, 0.5) is 0 Å². The van der Waals surface area contributed by atoms with Gasteiger partial charge in [-0.25, -0.2) is 0 Å². The Kier molecular flexibility index (Phi) is 3.73. The van der Waals surface area contributed by atoms with E-state index >= 15 is 0 Å². The van der Waals surface area contributed by atoms with Gasteiger partial charge in [-0.2, -0.15) is 0 Å². The van der Waals surface area contributed by atoms with Gasteiger partial charge < -0.3 is 0 Å². The molecule has 1 heterocycles. The summed E-state index contributed by atoms with van der Waals surface area (Å²) in [6, 6.07) is 10.3. The fourth-order valence-corrected chi connectivity index (χ4v) is 3.91. The van der Waals surface area contributed by atoms with Crippen LogP contribution in [0.3, 0.4) is 0 Å². The molecule has 2 rings (SSSR count). The van der Waals surface area contributed by atoms with E-state index in [9.17, 15) is 0 Å². The largest absolute Gasteiger partial charge is 0.143 e. The van der Waals surface area contributed by atoms with Gasteiger partial charge in [-0.1, -0.05) is 34.1 Å². The summed E-state index contributed by atoms with van der Waals surface area (Å²) in [6.07, 6.45) is 0. The second-order valence-corrected chi connectivity index (χ2v) is 6.37. The van der Waals surface area contributed by atoms with Gasteiger partial charge in [-0.15, -0.1) is 22.9 Å². The molecular formula is C13H12BrClS. The van der Waals surface area contributed by atoms with E-state index in [1.54, 1.807) is 11.3 Å². The van der Waals surface area contributed by atoms with Crippen LogP contribution in [0.1, 0.15) is 26.3 Å². The number of rotatable bonds is 2. The fourth-order valence-electron chi connectivity index (χ4n) is 1.73. The molecule has 1 atom stereocenters. The zero-order chi connectivity index (χ0) is 11.7. The highest BCUT2D eigenvalue weighted by Gasteiger charge is 2.17. The van der Waals surface area contributed by atoms with Gasteiger partial charge in [-0.3, -0.25) is 0 Å². The second kappa shape index (κ2) is 4.91. The summed E-state index contributed by atoms with van der Waals surface area (Å²) in [5.41, 5.74) is 2.41. The van der Waals surface area contributed by atoms with E-state index in [-0.39, 0.29) is 5.38 Å². The Morgan fingerprint density at radius 3 is 2.50 bits per heavy atom. The summed E-state index contributed by atoms with van der Waals surface area (Å²) in [5.74, 6) is 0. The standard InChI is InChI=1S/C13H12BrClS/c1-8-7-9(2)16-13(8)12(15)10-5-3-4-6-11(10)14/h3-7,12H,1-2H3. The average Bonchev–Trinajstić information content (AvgIpc) is 2.58. The Balaban J connectivity index is 2.43. The highest BCUT2D eigenvalue weighted by Crippen LogP contribution is 2.39. The summed E-state index contributed by atoms with van der Waals surface area (Å²) in [7, 11) is 0. The van der Waals surface area contributed by atoms with Crippen LogP contribution in [0.2, 0.25) is 0 Å². The van der Waals surface area contributed by atoms with Crippen molar-refractivity contribution in [1.82, 2.24) is 0 Å². The zero-order valence-corrected chi connectivity index (χ0v) is 12.3. The molecule has 1 aromatic heterocycles. The molecule has 0 bridgehead atoms. The first-order valence-electron chi connectivity index (χ1n) is 5.05. The van der Waals surface area contributed by atoms with Crippen LogP contribution in [0.25, 0.3) is 0 Å². The average molecular weight is 316 g/mol. The van der Waals surface area contributed by atoms with Crippen molar-refractivity contribution in [3.63, 3.8) is 0 Å². The third-order valence-electron chi connectivity index (χ3n) is 2.49. The Morgan fingerprint density at radius 1 is 1.25 bits per heavy atom. The van der Waals surface area contributed by atoms with E-state index in [4.69, 9.17) is 11.6 Å². The third kappa shape index (κ3) is 2.34. The summed E-state index contributed by atoms with van der Waals surface area (Å²) >= 11 is 11.9. The zero-order valence-electron chi connectivity index (χ0n) is 9.13. The predicted molar refractivity (Wildman–Crippen MR) is 75.6 cm³/mol. The number of halogens is 2. The van der Waals surface area contributed by atoms with Crippen molar-refractivity contribution in [2.45, 2.75) is 19.2 Å². The second-order valence-electron chi connectivity index (χ2n) is 3.79. The molecule has 84 valence electrons. The molecule has 0 saturated heterocycles. The van der Waals surface area contributed by atoms with Gasteiger partial charge in [0.1, 0.15) is 0 Å². The van der Waals surface area contributed by atoms with Crippen molar-refractivity contribution in [3.05, 3.63) is 55.7 Å². The number of thiophene rings is 1. The van der Waals surface area contributed by atoms with Gasteiger partial charge >= 0.3 is 0 Å². The lowest BCUT2D eigenvalue weighted by Crippen LogP contribution is -1.93. The van der Waals surface area contributed by atoms with E-state index in [0.29, 0.717) is 0 Å². The number of aryl methyl sites for hydroxylation is 2. The van der Waals surface area contributed by atoms with Crippen molar-refractivity contribution >= 4 is 38.9 Å². The van der Waals surface area contributed by atoms with Gasteiger partial charge in [0.15, 0.2) is 0 Å². The quantitative estimate of drug-likeness (QED) is 0.646. The topological polar surface area (TPSA) is 0 Å². The number of alkyl halides is 1. The molecule has 0 saturated carbocycles. The molecule has 2 aromatic rings. The van der Waals surface area contributed by atoms with Crippen molar-refractivity contribution < 1.29 is 0 Å². The molecule has 0 nitrogen and oxygen atoms in total. The first-order valence-corrected chi connectivity index (χ1v) is 7.09. The summed E-state index contributed by atoms with van der Waals surface area (Å²) in [4.78, 5) is 2.55. The summed E-state index contributed by atoms with van der Waals surface area (Å²) in [6.45, 7) is 4.23. The lowest BCUT2D eigenvalue weighted by atomic mass is 10.1. The van der Waals surface area contributed by atoms with Gasteiger partial charge in [0.05, 0.1) is 5.38 Å². The molecule has 0 amide bonds. The van der Waals surface area contributed by atoms with Gasteiger partial charge in [0, 0.05) is 14.2 Å². The lowest BCUT2D eigenvalue weighted by Gasteiger charge is -2.11. The molecule has 1 unspecified atom stereocenters. The highest BCUT2D eigenvalue weighted by molar-refractivity contribution is 9.10. The van der Waals surface area contributed by atoms with E-state index in [1.165, 1.54) is 15.3 Å². The van der Waals surface area contributed by atoms with Crippen molar-refractivity contribution in [1.29, 1.82) is 0 Å². The van der Waals surface area contributed by atoms with E-state index in [0.717, 1.165) is 10.0 Å². The number of hydrogen-bond acceptors (Lipinski definition) is 1. The number of hydrogen-bond donors (Lipinski definition) is 0. The van der Waals surface area contributed by atoms with Crippen LogP contribution >= 0.6 is 38.9 Å². The minimum Gasteiger partial charge on any atom is -0.143 e. The van der Waals surface area contributed by atoms with Crippen molar-refractivity contribution in [2.75, 3.05) is 0 Å². The van der Waals surface area contributed by atoms with Crippen LogP contribution in [0.15, 0.2) is 34.8 Å². The summed E-state index contributed by atoms with van der Waals surface area (Å²) < 4.78 is 1.07. The molecule has 16 heavy (non-hydrogen) atoms. The van der Waals surface area contributed by atoms with Crippen molar-refractivity contribution in [3.8, 4) is 0 Å². The van der Waals surface area contributed by atoms with Crippen LogP contribution in [0.5, 0.6) is 0 Å². The molecule has 0 fully saturated rings. The lowest BCUT2D eigenvalue weighted by molar-refractivity contribution is 1.15. The molecule has 0 N–H and O–H groups in total. The van der Waals surface area contributed by atoms with Crippen molar-refractivity contribution in [2.24, 2.45) is 0 Å². The molecule has 3 heteroatoms. The smallest absolute Gasteiger partial charge is 0.0941 e. The van der Waals surface area contributed by atoms with Crippen LogP contribution < -0.4 is 0 Å². The normalized spacial score (nSPS) is 12.8. The third-order valence-corrected chi connectivity index (χ3v) is 5.01. The molecule has 1 aromatic carbocycles. The van der Waals surface area contributed by atoms with Gasteiger partial charge in [0.2, 0.25) is 0 Å². The molecule has 0 aliphatic rings. The Labute approximate surface area is 113 Å². The molecule has 0 spiro atoms. The Morgan fingerprint density at radius 2 is 1.94 bits per heavy atom. The first-order chi connectivity index (χ1) is 7.59.